The van der Waals surface area contributed by atoms with Gasteiger partial charge in [0.25, 0.3) is 0 Å². The molecule has 0 aliphatic carbocycles. The summed E-state index contributed by atoms with van der Waals surface area (Å²) < 4.78 is 11.3. The second kappa shape index (κ2) is 7.89. The van der Waals surface area contributed by atoms with E-state index >= 15 is 0 Å². The molecule has 1 fully saturated rings. The Bertz CT molecular complexity index is 937. The molecule has 3 aliphatic heterocycles. The molecule has 2 atom stereocenters. The van der Waals surface area contributed by atoms with Crippen LogP contribution in [0.3, 0.4) is 0 Å². The van der Waals surface area contributed by atoms with Gasteiger partial charge >= 0.3 is 0 Å². The highest BCUT2D eigenvalue weighted by molar-refractivity contribution is 6.04. The first-order valence-electron chi connectivity index (χ1n) is 10.2. The van der Waals surface area contributed by atoms with Crippen molar-refractivity contribution in [3.05, 3.63) is 59.7 Å². The molecule has 2 aromatic rings. The van der Waals surface area contributed by atoms with E-state index in [0.717, 1.165) is 61.1 Å². The summed E-state index contributed by atoms with van der Waals surface area (Å²) in [6, 6.07) is 13.9. The smallest absolute Gasteiger partial charge is 0.234 e. The molecular formula is C23H25N3O3. The van der Waals surface area contributed by atoms with Crippen molar-refractivity contribution in [3.8, 4) is 5.75 Å². The second-order valence-electron chi connectivity index (χ2n) is 7.63. The highest BCUT2D eigenvalue weighted by Crippen LogP contribution is 2.38. The summed E-state index contributed by atoms with van der Waals surface area (Å²) in [4.78, 5) is 14.9. The molecule has 5 rings (SSSR count). The lowest BCUT2D eigenvalue weighted by atomic mass is 9.90. The molecule has 0 radical (unpaired) electrons. The van der Waals surface area contributed by atoms with Crippen molar-refractivity contribution >= 4 is 23.4 Å². The summed E-state index contributed by atoms with van der Waals surface area (Å²) in [5, 5.41) is 6.50. The monoisotopic (exact) mass is 391 g/mol. The maximum atomic E-state index is 12.5. The van der Waals surface area contributed by atoms with Gasteiger partial charge in [0.2, 0.25) is 5.91 Å². The van der Waals surface area contributed by atoms with Gasteiger partial charge in [-0.25, -0.2) is 0 Å². The summed E-state index contributed by atoms with van der Waals surface area (Å²) in [7, 11) is 0. The fourth-order valence-electron chi connectivity index (χ4n) is 4.24. The molecule has 3 heterocycles. The van der Waals surface area contributed by atoms with Gasteiger partial charge in [-0.15, -0.1) is 0 Å². The third-order valence-corrected chi connectivity index (χ3v) is 5.80. The van der Waals surface area contributed by atoms with Crippen LogP contribution in [0.4, 0.5) is 11.4 Å². The van der Waals surface area contributed by atoms with Gasteiger partial charge in [-0.2, -0.15) is 0 Å². The van der Waals surface area contributed by atoms with Crippen molar-refractivity contribution in [1.29, 1.82) is 0 Å². The van der Waals surface area contributed by atoms with E-state index in [2.05, 4.69) is 33.8 Å². The number of ether oxygens (including phenoxy) is 2. The van der Waals surface area contributed by atoms with Crippen LogP contribution in [-0.4, -0.2) is 56.3 Å². The molecule has 1 amide bonds. The minimum atomic E-state index is -0.222. The number of rotatable bonds is 5. The molecule has 0 bridgehead atoms. The Kier molecular flexibility index (Phi) is 4.96. The van der Waals surface area contributed by atoms with Gasteiger partial charge in [-0.05, 0) is 29.8 Å². The first kappa shape index (κ1) is 18.2. The summed E-state index contributed by atoms with van der Waals surface area (Å²) in [5.74, 6) is 0.686. The molecule has 29 heavy (non-hydrogen) atoms. The number of hydrogen-bond acceptors (Lipinski definition) is 5. The van der Waals surface area contributed by atoms with E-state index in [0.29, 0.717) is 6.61 Å². The number of carbonyl (C=O) groups is 1. The van der Waals surface area contributed by atoms with E-state index in [1.54, 1.807) is 0 Å². The quantitative estimate of drug-likeness (QED) is 0.821. The molecule has 150 valence electrons. The van der Waals surface area contributed by atoms with Crippen molar-refractivity contribution in [2.24, 2.45) is 0 Å². The van der Waals surface area contributed by atoms with Crippen LogP contribution in [0.1, 0.15) is 17.0 Å². The number of fused-ring (bicyclic) bond motifs is 2. The Balaban J connectivity index is 1.24. The number of nitrogens with one attached hydrogen (secondary N) is 2. The zero-order valence-corrected chi connectivity index (χ0v) is 16.3. The first-order valence-corrected chi connectivity index (χ1v) is 10.2. The van der Waals surface area contributed by atoms with Crippen LogP contribution in [0, 0.1) is 0 Å². The van der Waals surface area contributed by atoms with E-state index < -0.39 is 0 Å². The van der Waals surface area contributed by atoms with Gasteiger partial charge in [0, 0.05) is 36.6 Å². The molecule has 3 aliphatic rings. The van der Waals surface area contributed by atoms with Gasteiger partial charge < -0.3 is 20.1 Å². The normalized spacial score (nSPS) is 23.1. The lowest BCUT2D eigenvalue weighted by Gasteiger charge is -2.27. The molecule has 2 N–H and O–H groups in total. The zero-order valence-electron chi connectivity index (χ0n) is 16.3. The Labute approximate surface area is 170 Å². The van der Waals surface area contributed by atoms with Crippen molar-refractivity contribution in [2.45, 2.75) is 12.0 Å². The third kappa shape index (κ3) is 3.73. The minimum Gasteiger partial charge on any atom is -0.492 e. The van der Waals surface area contributed by atoms with Gasteiger partial charge in [0.15, 0.2) is 0 Å². The van der Waals surface area contributed by atoms with Crippen LogP contribution in [-0.2, 0) is 9.53 Å². The Morgan fingerprint density at radius 3 is 2.86 bits per heavy atom. The number of hydrogen-bond donors (Lipinski definition) is 2. The average Bonchev–Trinajstić information content (AvgIpc) is 3.10. The highest BCUT2D eigenvalue weighted by atomic mass is 16.5. The number of morpholine rings is 1. The van der Waals surface area contributed by atoms with E-state index in [1.807, 2.05) is 36.4 Å². The van der Waals surface area contributed by atoms with Crippen LogP contribution in [0.15, 0.2) is 48.5 Å². The second-order valence-corrected chi connectivity index (χ2v) is 7.63. The van der Waals surface area contributed by atoms with Crippen molar-refractivity contribution in [3.63, 3.8) is 0 Å². The minimum absolute atomic E-state index is 0.0415. The summed E-state index contributed by atoms with van der Waals surface area (Å²) in [5.41, 5.74) is 4.06. The molecule has 0 aromatic heterocycles. The number of para-hydroxylation sites is 1. The standard InChI is InChI=1S/C23H25N3O3/c27-23-22(18-3-1-2-4-20(18)25-23)21-7-5-16-15-17(6-8-19(16)24-21)29-14-11-26-9-12-28-13-10-26/h1-8,15,21-22,24H,9-14H2,(H,25,27). The first-order chi connectivity index (χ1) is 14.3. The zero-order chi connectivity index (χ0) is 19.6. The number of carbonyl (C=O) groups excluding carboxylic acids is 1. The lowest BCUT2D eigenvalue weighted by Crippen LogP contribution is -2.38. The Morgan fingerprint density at radius 1 is 1.10 bits per heavy atom. The van der Waals surface area contributed by atoms with E-state index in [-0.39, 0.29) is 17.9 Å². The van der Waals surface area contributed by atoms with E-state index in [4.69, 9.17) is 9.47 Å². The molecule has 0 spiro atoms. The molecule has 2 unspecified atom stereocenters. The molecule has 2 aromatic carbocycles. The van der Waals surface area contributed by atoms with Gasteiger partial charge in [0.05, 0.1) is 25.2 Å². The van der Waals surface area contributed by atoms with E-state index in [1.165, 1.54) is 0 Å². The topological polar surface area (TPSA) is 62.8 Å². The third-order valence-electron chi connectivity index (χ3n) is 5.80. The molecular weight excluding hydrogens is 366 g/mol. The van der Waals surface area contributed by atoms with E-state index in [9.17, 15) is 4.79 Å². The molecule has 6 heteroatoms. The Morgan fingerprint density at radius 2 is 1.97 bits per heavy atom. The Hall–Kier alpha value is -2.83. The number of nitrogens with zero attached hydrogens (tertiary/aromatic N) is 1. The maximum Gasteiger partial charge on any atom is 0.234 e. The lowest BCUT2D eigenvalue weighted by molar-refractivity contribution is -0.117. The van der Waals surface area contributed by atoms with Gasteiger partial charge in [-0.3, -0.25) is 9.69 Å². The number of amides is 1. The van der Waals surface area contributed by atoms with Crippen LogP contribution in [0.25, 0.3) is 6.08 Å². The largest absolute Gasteiger partial charge is 0.492 e. The van der Waals surface area contributed by atoms with Crippen LogP contribution < -0.4 is 15.4 Å². The predicted octanol–water partition coefficient (Wildman–Crippen LogP) is 2.94. The predicted molar refractivity (Wildman–Crippen MR) is 113 cm³/mol. The SMILES string of the molecule is O=C1Nc2ccccc2C1C1C=Cc2cc(OCCN3CCOCC3)ccc2N1. The van der Waals surface area contributed by atoms with Crippen molar-refractivity contribution in [2.75, 3.05) is 50.1 Å². The van der Waals surface area contributed by atoms with Crippen LogP contribution in [0.2, 0.25) is 0 Å². The fraction of sp³-hybridized carbons (Fsp3) is 0.348. The van der Waals surface area contributed by atoms with Crippen molar-refractivity contribution in [1.82, 2.24) is 4.90 Å². The average molecular weight is 391 g/mol. The molecule has 1 saturated heterocycles. The van der Waals surface area contributed by atoms with Crippen molar-refractivity contribution < 1.29 is 14.3 Å². The van der Waals surface area contributed by atoms with Gasteiger partial charge in [-0.1, -0.05) is 30.4 Å². The fourth-order valence-corrected chi connectivity index (χ4v) is 4.24. The summed E-state index contributed by atoms with van der Waals surface area (Å²) >= 11 is 0. The highest BCUT2D eigenvalue weighted by Gasteiger charge is 2.36. The number of benzene rings is 2. The summed E-state index contributed by atoms with van der Waals surface area (Å²) in [6.45, 7) is 5.13. The van der Waals surface area contributed by atoms with Crippen LogP contribution in [0.5, 0.6) is 5.75 Å². The number of anilines is 2. The molecule has 0 saturated carbocycles. The molecule has 6 nitrogen and oxygen atoms in total. The van der Waals surface area contributed by atoms with Gasteiger partial charge in [0.1, 0.15) is 12.4 Å². The summed E-state index contributed by atoms with van der Waals surface area (Å²) in [6.07, 6.45) is 4.16. The van der Waals surface area contributed by atoms with Crippen LogP contribution >= 0.6 is 0 Å². The maximum absolute atomic E-state index is 12.5.